The number of nitriles is 1. The van der Waals surface area contributed by atoms with Gasteiger partial charge in [0.2, 0.25) is 0 Å². The number of ether oxygens (including phenoxy) is 2. The molecule has 0 aliphatic carbocycles. The van der Waals surface area contributed by atoms with Crippen LogP contribution in [-0.4, -0.2) is 46.8 Å². The van der Waals surface area contributed by atoms with Gasteiger partial charge in [-0.05, 0) is 0 Å². The Morgan fingerprint density at radius 2 is 2.00 bits per heavy atom. The highest BCUT2D eigenvalue weighted by molar-refractivity contribution is 5.62. The van der Waals surface area contributed by atoms with E-state index in [1.807, 2.05) is 22.9 Å². The number of hydrogen-bond donors (Lipinski definition) is 0. The highest BCUT2D eigenvalue weighted by atomic mass is 16.7. The molecular weight excluding hydrogens is 316 g/mol. The van der Waals surface area contributed by atoms with E-state index in [9.17, 15) is 0 Å². The van der Waals surface area contributed by atoms with Crippen molar-refractivity contribution in [3.8, 4) is 17.3 Å². The normalized spacial score (nSPS) is 19.5. The lowest BCUT2D eigenvalue weighted by Crippen LogP contribution is -2.34. The SMILES string of the molecule is N#CCCn1cc(CN2CCC3(C2)OCCO3)c(-c2ccccc2)n1. The molecule has 1 aromatic carbocycles. The van der Waals surface area contributed by atoms with Crippen molar-refractivity contribution in [1.82, 2.24) is 14.7 Å². The fourth-order valence-corrected chi connectivity index (χ4v) is 3.63. The molecule has 2 aliphatic heterocycles. The second-order valence-electron chi connectivity index (χ2n) is 6.61. The Morgan fingerprint density at radius 3 is 2.76 bits per heavy atom. The van der Waals surface area contributed by atoms with Crippen molar-refractivity contribution in [1.29, 1.82) is 5.26 Å². The predicted molar refractivity (Wildman–Crippen MR) is 92.4 cm³/mol. The smallest absolute Gasteiger partial charge is 0.182 e. The molecular formula is C19H22N4O2. The van der Waals surface area contributed by atoms with E-state index in [-0.39, 0.29) is 0 Å². The molecule has 0 radical (unpaired) electrons. The zero-order valence-electron chi connectivity index (χ0n) is 14.2. The van der Waals surface area contributed by atoms with Crippen molar-refractivity contribution >= 4 is 0 Å². The van der Waals surface area contributed by atoms with Gasteiger partial charge in [-0.2, -0.15) is 10.4 Å². The minimum Gasteiger partial charge on any atom is -0.346 e. The molecule has 0 bridgehead atoms. The van der Waals surface area contributed by atoms with Gasteiger partial charge in [0.25, 0.3) is 0 Å². The van der Waals surface area contributed by atoms with Gasteiger partial charge in [0, 0.05) is 36.8 Å². The third-order valence-corrected chi connectivity index (χ3v) is 4.82. The van der Waals surface area contributed by atoms with Crippen molar-refractivity contribution in [3.63, 3.8) is 0 Å². The molecule has 2 fully saturated rings. The van der Waals surface area contributed by atoms with Crippen molar-refractivity contribution in [2.75, 3.05) is 26.3 Å². The summed E-state index contributed by atoms with van der Waals surface area (Å²) in [4.78, 5) is 2.36. The molecule has 3 heterocycles. The maximum absolute atomic E-state index is 8.84. The number of likely N-dealkylation sites (tertiary alicyclic amines) is 1. The standard InChI is InChI=1S/C19H22N4O2/c20-8-4-9-23-14-17(18(21-23)16-5-2-1-3-6-16)13-22-10-7-19(15-22)24-11-12-25-19/h1-3,5-6,14H,4,7,9-13,15H2. The van der Waals surface area contributed by atoms with Crippen LogP contribution in [0.25, 0.3) is 11.3 Å². The number of aryl methyl sites for hydroxylation is 1. The summed E-state index contributed by atoms with van der Waals surface area (Å²) in [5, 5.41) is 13.6. The van der Waals surface area contributed by atoms with Crippen molar-refractivity contribution in [2.45, 2.75) is 31.7 Å². The molecule has 0 unspecified atom stereocenters. The molecule has 6 heteroatoms. The number of hydrogen-bond acceptors (Lipinski definition) is 5. The first-order valence-corrected chi connectivity index (χ1v) is 8.77. The number of rotatable bonds is 5. The van der Waals surface area contributed by atoms with Crippen LogP contribution in [0.3, 0.4) is 0 Å². The molecule has 0 saturated carbocycles. The van der Waals surface area contributed by atoms with Crippen LogP contribution < -0.4 is 0 Å². The van der Waals surface area contributed by atoms with Gasteiger partial charge in [0.1, 0.15) is 0 Å². The van der Waals surface area contributed by atoms with E-state index in [4.69, 9.17) is 19.8 Å². The van der Waals surface area contributed by atoms with Crippen LogP contribution in [0.15, 0.2) is 36.5 Å². The Bertz CT molecular complexity index is 759. The first-order valence-electron chi connectivity index (χ1n) is 8.77. The van der Waals surface area contributed by atoms with Gasteiger partial charge < -0.3 is 9.47 Å². The first-order chi connectivity index (χ1) is 12.3. The summed E-state index contributed by atoms with van der Waals surface area (Å²) in [6.07, 6.45) is 3.45. The van der Waals surface area contributed by atoms with Crippen molar-refractivity contribution < 1.29 is 9.47 Å². The van der Waals surface area contributed by atoms with Crippen LogP contribution >= 0.6 is 0 Å². The number of nitrogens with zero attached hydrogens (tertiary/aromatic N) is 4. The van der Waals surface area contributed by atoms with Crippen LogP contribution in [0, 0.1) is 11.3 Å². The van der Waals surface area contributed by atoms with Crippen LogP contribution in [0.1, 0.15) is 18.4 Å². The lowest BCUT2D eigenvalue weighted by molar-refractivity contribution is -0.145. The molecule has 25 heavy (non-hydrogen) atoms. The second kappa shape index (κ2) is 6.96. The van der Waals surface area contributed by atoms with Crippen LogP contribution in [-0.2, 0) is 22.6 Å². The van der Waals surface area contributed by atoms with Gasteiger partial charge >= 0.3 is 0 Å². The van der Waals surface area contributed by atoms with Crippen LogP contribution in [0.2, 0.25) is 0 Å². The van der Waals surface area contributed by atoms with Gasteiger partial charge in [0.15, 0.2) is 5.79 Å². The third kappa shape index (κ3) is 3.45. The number of benzene rings is 1. The maximum Gasteiger partial charge on any atom is 0.182 e. The van der Waals surface area contributed by atoms with Crippen molar-refractivity contribution in [3.05, 3.63) is 42.1 Å². The summed E-state index contributed by atoms with van der Waals surface area (Å²) >= 11 is 0. The Labute approximate surface area is 147 Å². The lowest BCUT2D eigenvalue weighted by atomic mass is 10.1. The third-order valence-electron chi connectivity index (χ3n) is 4.82. The van der Waals surface area contributed by atoms with E-state index in [0.29, 0.717) is 26.2 Å². The van der Waals surface area contributed by atoms with E-state index in [1.165, 1.54) is 5.56 Å². The lowest BCUT2D eigenvalue weighted by Gasteiger charge is -2.22. The van der Waals surface area contributed by atoms with Gasteiger partial charge in [-0.1, -0.05) is 30.3 Å². The van der Waals surface area contributed by atoms with Crippen molar-refractivity contribution in [2.24, 2.45) is 0 Å². The molecule has 130 valence electrons. The molecule has 0 amide bonds. The minimum absolute atomic E-state index is 0.399. The summed E-state index contributed by atoms with van der Waals surface area (Å²) in [6.45, 7) is 4.56. The summed E-state index contributed by atoms with van der Waals surface area (Å²) in [5.74, 6) is -0.399. The van der Waals surface area contributed by atoms with Gasteiger partial charge in [0.05, 0.1) is 44.5 Å². The largest absolute Gasteiger partial charge is 0.346 e. The molecule has 6 nitrogen and oxygen atoms in total. The van der Waals surface area contributed by atoms with Gasteiger partial charge in [-0.25, -0.2) is 0 Å². The highest BCUT2D eigenvalue weighted by Crippen LogP contribution is 2.32. The minimum atomic E-state index is -0.399. The van der Waals surface area contributed by atoms with Crippen LogP contribution in [0.5, 0.6) is 0 Å². The fraction of sp³-hybridized carbons (Fsp3) is 0.474. The van der Waals surface area contributed by atoms with E-state index < -0.39 is 5.79 Å². The summed E-state index contributed by atoms with van der Waals surface area (Å²) in [7, 11) is 0. The number of aromatic nitrogens is 2. The Kier molecular flexibility index (Phi) is 4.53. The zero-order valence-corrected chi connectivity index (χ0v) is 14.2. The molecule has 1 spiro atoms. The van der Waals surface area contributed by atoms with Gasteiger partial charge in [-0.15, -0.1) is 0 Å². The maximum atomic E-state index is 8.84. The average Bonchev–Trinajstić information content (AvgIpc) is 3.36. The Balaban J connectivity index is 1.55. The predicted octanol–water partition coefficient (Wildman–Crippen LogP) is 2.41. The molecule has 4 rings (SSSR count). The zero-order chi connectivity index (χ0) is 17.1. The summed E-state index contributed by atoms with van der Waals surface area (Å²) in [5.41, 5.74) is 3.28. The second-order valence-corrected chi connectivity index (χ2v) is 6.61. The molecule has 1 aromatic heterocycles. The van der Waals surface area contributed by atoms with Gasteiger partial charge in [-0.3, -0.25) is 9.58 Å². The highest BCUT2D eigenvalue weighted by Gasteiger charge is 2.43. The summed E-state index contributed by atoms with van der Waals surface area (Å²) in [6, 6.07) is 12.4. The van der Waals surface area contributed by atoms with E-state index in [0.717, 1.165) is 37.3 Å². The molecule has 2 aliphatic rings. The fourth-order valence-electron chi connectivity index (χ4n) is 3.63. The first kappa shape index (κ1) is 16.3. The van der Waals surface area contributed by atoms with E-state index in [2.05, 4.69) is 29.3 Å². The Hall–Kier alpha value is -2.20. The van der Waals surface area contributed by atoms with Crippen LogP contribution in [0.4, 0.5) is 0 Å². The molecule has 2 aromatic rings. The average molecular weight is 338 g/mol. The Morgan fingerprint density at radius 1 is 1.20 bits per heavy atom. The monoisotopic (exact) mass is 338 g/mol. The molecule has 2 saturated heterocycles. The quantitative estimate of drug-likeness (QED) is 0.838. The molecule has 0 atom stereocenters. The van der Waals surface area contributed by atoms with E-state index >= 15 is 0 Å². The summed E-state index contributed by atoms with van der Waals surface area (Å²) < 4.78 is 13.5. The van der Waals surface area contributed by atoms with E-state index in [1.54, 1.807) is 0 Å². The topological polar surface area (TPSA) is 63.3 Å². The molecule has 0 N–H and O–H groups in total.